The third kappa shape index (κ3) is 3.11. The molecule has 2 atom stereocenters. The zero-order chi connectivity index (χ0) is 14.5. The maximum absolute atomic E-state index is 12.5. The van der Waals surface area contributed by atoms with Crippen molar-refractivity contribution in [2.24, 2.45) is 0 Å². The molecule has 1 amide bonds. The maximum atomic E-state index is 12.5. The van der Waals surface area contributed by atoms with Crippen LogP contribution in [0.25, 0.3) is 0 Å². The Bertz CT molecular complexity index is 479. The molecule has 0 aromatic heterocycles. The lowest BCUT2D eigenvalue weighted by Gasteiger charge is -2.34. The van der Waals surface area contributed by atoms with E-state index in [4.69, 9.17) is 21.1 Å². The SMILES string of the molecule is COC(=O)C1COCCN1C(=O)C(Cl)c1ccccc1. The zero-order valence-electron chi connectivity index (χ0n) is 11.1. The molecule has 2 unspecified atom stereocenters. The van der Waals surface area contributed by atoms with Gasteiger partial charge in [0.15, 0.2) is 6.04 Å². The second-order valence-corrected chi connectivity index (χ2v) is 4.86. The fraction of sp³-hybridized carbons (Fsp3) is 0.429. The number of amides is 1. The number of hydrogen-bond donors (Lipinski definition) is 0. The van der Waals surface area contributed by atoms with Gasteiger partial charge >= 0.3 is 5.97 Å². The first-order valence-electron chi connectivity index (χ1n) is 6.30. The Morgan fingerprint density at radius 1 is 1.40 bits per heavy atom. The fourth-order valence-electron chi connectivity index (χ4n) is 2.11. The van der Waals surface area contributed by atoms with Crippen LogP contribution in [0, 0.1) is 0 Å². The number of carbonyl (C=O) groups is 2. The molecule has 1 aromatic rings. The predicted octanol–water partition coefficient (Wildman–Crippen LogP) is 1.37. The smallest absolute Gasteiger partial charge is 0.331 e. The van der Waals surface area contributed by atoms with E-state index >= 15 is 0 Å². The summed E-state index contributed by atoms with van der Waals surface area (Å²) in [5.74, 6) is -0.799. The lowest BCUT2D eigenvalue weighted by Crippen LogP contribution is -2.53. The minimum absolute atomic E-state index is 0.136. The van der Waals surface area contributed by atoms with Gasteiger partial charge in [-0.15, -0.1) is 11.6 Å². The molecule has 1 aliphatic heterocycles. The number of methoxy groups -OCH3 is 1. The first-order valence-corrected chi connectivity index (χ1v) is 6.74. The highest BCUT2D eigenvalue weighted by molar-refractivity contribution is 6.30. The number of esters is 1. The Hall–Kier alpha value is -1.59. The van der Waals surface area contributed by atoms with Crippen LogP contribution in [0.4, 0.5) is 0 Å². The van der Waals surface area contributed by atoms with Gasteiger partial charge in [0.1, 0.15) is 5.38 Å². The van der Waals surface area contributed by atoms with Gasteiger partial charge in [-0.1, -0.05) is 30.3 Å². The summed E-state index contributed by atoms with van der Waals surface area (Å²) in [6, 6.07) is 8.31. The zero-order valence-corrected chi connectivity index (χ0v) is 11.9. The Morgan fingerprint density at radius 2 is 2.10 bits per heavy atom. The molecule has 1 fully saturated rings. The Labute approximate surface area is 122 Å². The van der Waals surface area contributed by atoms with Gasteiger partial charge in [-0.2, -0.15) is 0 Å². The van der Waals surface area contributed by atoms with Gasteiger partial charge in [0, 0.05) is 6.54 Å². The fourth-order valence-corrected chi connectivity index (χ4v) is 2.38. The lowest BCUT2D eigenvalue weighted by molar-refractivity contribution is -0.160. The van der Waals surface area contributed by atoms with Crippen LogP contribution < -0.4 is 0 Å². The van der Waals surface area contributed by atoms with E-state index in [1.807, 2.05) is 18.2 Å². The first kappa shape index (κ1) is 14.8. The Balaban J connectivity index is 2.15. The van der Waals surface area contributed by atoms with Crippen LogP contribution in [0.3, 0.4) is 0 Å². The van der Waals surface area contributed by atoms with Gasteiger partial charge in [-0.05, 0) is 5.56 Å². The van der Waals surface area contributed by atoms with Crippen LogP contribution in [0.2, 0.25) is 0 Å². The highest BCUT2D eigenvalue weighted by Gasteiger charge is 2.36. The van der Waals surface area contributed by atoms with Crippen molar-refractivity contribution in [2.45, 2.75) is 11.4 Å². The summed E-state index contributed by atoms with van der Waals surface area (Å²) < 4.78 is 9.93. The van der Waals surface area contributed by atoms with Crippen LogP contribution in [0.1, 0.15) is 10.9 Å². The third-order valence-corrected chi connectivity index (χ3v) is 3.63. The molecule has 0 spiro atoms. The molecule has 108 valence electrons. The molecule has 0 radical (unpaired) electrons. The summed E-state index contributed by atoms with van der Waals surface area (Å²) in [5.41, 5.74) is 0.703. The Kier molecular flexibility index (Phi) is 4.98. The average Bonchev–Trinajstić information content (AvgIpc) is 2.53. The van der Waals surface area contributed by atoms with Crippen molar-refractivity contribution in [1.29, 1.82) is 0 Å². The second kappa shape index (κ2) is 6.72. The number of alkyl halides is 1. The third-order valence-electron chi connectivity index (χ3n) is 3.19. The number of carbonyl (C=O) groups excluding carboxylic acids is 2. The highest BCUT2D eigenvalue weighted by atomic mass is 35.5. The molecule has 1 heterocycles. The summed E-state index contributed by atoms with van der Waals surface area (Å²) in [6.45, 7) is 0.850. The molecule has 2 rings (SSSR count). The van der Waals surface area contributed by atoms with Crippen molar-refractivity contribution in [1.82, 2.24) is 4.90 Å². The lowest BCUT2D eigenvalue weighted by atomic mass is 10.1. The molecular formula is C14H16ClNO4. The van der Waals surface area contributed by atoms with Crippen molar-refractivity contribution < 1.29 is 19.1 Å². The van der Waals surface area contributed by atoms with Crippen molar-refractivity contribution in [3.63, 3.8) is 0 Å². The second-order valence-electron chi connectivity index (χ2n) is 4.42. The van der Waals surface area contributed by atoms with Crippen molar-refractivity contribution in [3.05, 3.63) is 35.9 Å². The summed E-state index contributed by atoms with van der Waals surface area (Å²) in [6.07, 6.45) is 0. The van der Waals surface area contributed by atoms with Gasteiger partial charge < -0.3 is 14.4 Å². The van der Waals surface area contributed by atoms with E-state index in [1.54, 1.807) is 12.1 Å². The molecule has 6 heteroatoms. The minimum Gasteiger partial charge on any atom is -0.467 e. The van der Waals surface area contributed by atoms with E-state index < -0.39 is 17.4 Å². The number of rotatable bonds is 3. The van der Waals surface area contributed by atoms with E-state index in [0.29, 0.717) is 18.7 Å². The summed E-state index contributed by atoms with van der Waals surface area (Å²) in [4.78, 5) is 25.6. The molecule has 0 N–H and O–H groups in total. The molecule has 0 aliphatic carbocycles. The number of halogens is 1. The van der Waals surface area contributed by atoms with Crippen molar-refractivity contribution in [3.8, 4) is 0 Å². The van der Waals surface area contributed by atoms with E-state index in [1.165, 1.54) is 12.0 Å². The number of hydrogen-bond acceptors (Lipinski definition) is 4. The van der Waals surface area contributed by atoms with E-state index in [-0.39, 0.29) is 12.5 Å². The molecule has 1 aromatic carbocycles. The normalized spacial score (nSPS) is 20.3. The predicted molar refractivity (Wildman–Crippen MR) is 73.4 cm³/mol. The quantitative estimate of drug-likeness (QED) is 0.624. The summed E-state index contributed by atoms with van der Waals surface area (Å²) in [5, 5.41) is -0.818. The molecule has 20 heavy (non-hydrogen) atoms. The number of nitrogens with zero attached hydrogens (tertiary/aromatic N) is 1. The van der Waals surface area contributed by atoms with Gasteiger partial charge in [-0.3, -0.25) is 4.79 Å². The maximum Gasteiger partial charge on any atom is 0.331 e. The van der Waals surface area contributed by atoms with Crippen LogP contribution in [-0.4, -0.2) is 49.7 Å². The first-order chi connectivity index (χ1) is 9.65. The highest BCUT2D eigenvalue weighted by Crippen LogP contribution is 2.25. The average molecular weight is 298 g/mol. The van der Waals surface area contributed by atoms with Gasteiger partial charge in [0.25, 0.3) is 0 Å². The Morgan fingerprint density at radius 3 is 2.75 bits per heavy atom. The largest absolute Gasteiger partial charge is 0.467 e. The van der Waals surface area contributed by atoms with E-state index in [0.717, 1.165) is 0 Å². The number of morpholine rings is 1. The number of ether oxygens (including phenoxy) is 2. The van der Waals surface area contributed by atoms with E-state index in [2.05, 4.69) is 0 Å². The van der Waals surface area contributed by atoms with Crippen molar-refractivity contribution in [2.75, 3.05) is 26.9 Å². The molecular weight excluding hydrogens is 282 g/mol. The van der Waals surface area contributed by atoms with Gasteiger partial charge in [0.05, 0.1) is 20.3 Å². The molecule has 0 bridgehead atoms. The van der Waals surface area contributed by atoms with Crippen molar-refractivity contribution >= 4 is 23.5 Å². The summed E-state index contributed by atoms with van der Waals surface area (Å²) >= 11 is 6.22. The molecule has 5 nitrogen and oxygen atoms in total. The monoisotopic (exact) mass is 297 g/mol. The van der Waals surface area contributed by atoms with Crippen LogP contribution in [0.15, 0.2) is 30.3 Å². The molecule has 0 saturated carbocycles. The molecule has 1 saturated heterocycles. The van der Waals surface area contributed by atoms with Gasteiger partial charge in [-0.25, -0.2) is 4.79 Å². The standard InChI is InChI=1S/C14H16ClNO4/c1-19-14(18)11-9-20-8-7-16(11)13(17)12(15)10-5-3-2-4-6-10/h2-6,11-12H,7-9H2,1H3. The van der Waals surface area contributed by atoms with Crippen LogP contribution >= 0.6 is 11.6 Å². The topological polar surface area (TPSA) is 55.8 Å². The molecule has 1 aliphatic rings. The van der Waals surface area contributed by atoms with Gasteiger partial charge in [0.2, 0.25) is 5.91 Å². The minimum atomic E-state index is -0.818. The summed E-state index contributed by atoms with van der Waals surface area (Å²) in [7, 11) is 1.29. The number of benzene rings is 1. The van der Waals surface area contributed by atoms with E-state index in [9.17, 15) is 9.59 Å². The van der Waals surface area contributed by atoms with Crippen LogP contribution in [0.5, 0.6) is 0 Å². The van der Waals surface area contributed by atoms with Crippen LogP contribution in [-0.2, 0) is 19.1 Å².